The maximum Gasteiger partial charge on any atom is 0.0905 e. The molecule has 0 fully saturated rings. The highest BCUT2D eigenvalue weighted by Gasteiger charge is 1.94. The van der Waals surface area contributed by atoms with E-state index in [1.807, 2.05) is 13.8 Å². The lowest BCUT2D eigenvalue weighted by Gasteiger charge is -1.95. The highest BCUT2D eigenvalue weighted by Crippen LogP contribution is 1.81. The van der Waals surface area contributed by atoms with E-state index in [-0.39, 0.29) is 12.5 Å². The van der Waals surface area contributed by atoms with Crippen LogP contribution in [-0.2, 0) is 4.74 Å². The molecule has 1 atom stereocenters. The summed E-state index contributed by atoms with van der Waals surface area (Å²) in [6.07, 6.45) is -0.744. The van der Waals surface area contributed by atoms with Crippen molar-refractivity contribution in [3.05, 3.63) is 0 Å². The minimum Gasteiger partial charge on any atom is -0.394 e. The topological polar surface area (TPSA) is 49.7 Å². The van der Waals surface area contributed by atoms with Gasteiger partial charge in [-0.25, -0.2) is 0 Å². The van der Waals surface area contributed by atoms with Gasteiger partial charge >= 0.3 is 0 Å². The second-order valence-corrected chi connectivity index (χ2v) is 2.08. The molecule has 0 heterocycles. The molecule has 0 aliphatic carbocycles. The fourth-order valence-corrected chi connectivity index (χ4v) is 0.351. The molecule has 4 heteroatoms. The summed E-state index contributed by atoms with van der Waals surface area (Å²) < 4.78 is 4.83. The summed E-state index contributed by atoms with van der Waals surface area (Å²) >= 11 is 5.04. The standard InChI is InChI=1S/C4H10O.C3H7ClO2/c1-3-5-4-2;4-1-3(6)2-5/h3-4H2,1-2H3;3,5-6H,1-2H2. The second-order valence-electron chi connectivity index (χ2n) is 1.77. The summed E-state index contributed by atoms with van der Waals surface area (Å²) in [5.41, 5.74) is 0. The van der Waals surface area contributed by atoms with E-state index in [1.54, 1.807) is 0 Å². The largest absolute Gasteiger partial charge is 0.394 e. The van der Waals surface area contributed by atoms with Gasteiger partial charge in [0.2, 0.25) is 0 Å². The van der Waals surface area contributed by atoms with Crippen molar-refractivity contribution in [2.24, 2.45) is 0 Å². The van der Waals surface area contributed by atoms with Crippen molar-refractivity contribution in [2.45, 2.75) is 20.0 Å². The van der Waals surface area contributed by atoms with E-state index in [0.29, 0.717) is 0 Å². The van der Waals surface area contributed by atoms with Gasteiger partial charge in [-0.15, -0.1) is 11.6 Å². The Kier molecular flexibility index (Phi) is 16.0. The number of halogens is 1. The van der Waals surface area contributed by atoms with Crippen molar-refractivity contribution < 1.29 is 14.9 Å². The predicted octanol–water partition coefficient (Wildman–Crippen LogP) is 0.621. The fourth-order valence-electron chi connectivity index (χ4n) is 0.253. The number of hydrogen-bond acceptors (Lipinski definition) is 3. The Morgan fingerprint density at radius 2 is 1.82 bits per heavy atom. The van der Waals surface area contributed by atoms with E-state index >= 15 is 0 Å². The SMILES string of the molecule is CCOCC.OCC(O)CCl. The van der Waals surface area contributed by atoms with Gasteiger partial charge in [0.05, 0.1) is 18.6 Å². The monoisotopic (exact) mass is 184 g/mol. The first-order valence-electron chi connectivity index (χ1n) is 3.65. The van der Waals surface area contributed by atoms with Gasteiger partial charge in [0.1, 0.15) is 0 Å². The molecule has 0 aromatic rings. The zero-order valence-electron chi connectivity index (χ0n) is 7.09. The first-order chi connectivity index (χ1) is 5.22. The molecule has 0 bridgehead atoms. The third-order valence-electron chi connectivity index (χ3n) is 0.797. The molecule has 0 aromatic carbocycles. The Morgan fingerprint density at radius 1 is 1.36 bits per heavy atom. The van der Waals surface area contributed by atoms with E-state index in [4.69, 9.17) is 26.6 Å². The van der Waals surface area contributed by atoms with Gasteiger partial charge in [-0.1, -0.05) is 0 Å². The van der Waals surface area contributed by atoms with E-state index in [9.17, 15) is 0 Å². The number of aliphatic hydroxyl groups is 2. The Hall–Kier alpha value is 0.170. The normalized spacial score (nSPS) is 11.7. The lowest BCUT2D eigenvalue weighted by Crippen LogP contribution is -2.12. The molecular weight excluding hydrogens is 168 g/mol. The van der Waals surface area contributed by atoms with Gasteiger partial charge in [0.15, 0.2) is 0 Å². The minimum absolute atomic E-state index is 0.108. The summed E-state index contributed by atoms with van der Waals surface area (Å²) in [6, 6.07) is 0. The number of hydrogen-bond donors (Lipinski definition) is 2. The zero-order valence-corrected chi connectivity index (χ0v) is 7.84. The maximum absolute atomic E-state index is 8.28. The van der Waals surface area contributed by atoms with Crippen LogP contribution in [0.15, 0.2) is 0 Å². The van der Waals surface area contributed by atoms with Gasteiger partial charge in [-0.2, -0.15) is 0 Å². The zero-order chi connectivity index (χ0) is 9.11. The van der Waals surface area contributed by atoms with Gasteiger partial charge in [-0.3, -0.25) is 0 Å². The van der Waals surface area contributed by atoms with Crippen molar-refractivity contribution in [3.63, 3.8) is 0 Å². The van der Waals surface area contributed by atoms with Crippen LogP contribution in [-0.4, -0.2) is 42.0 Å². The van der Waals surface area contributed by atoms with Gasteiger partial charge in [0, 0.05) is 13.2 Å². The molecule has 0 saturated heterocycles. The average Bonchev–Trinajstić information content (AvgIpc) is 2.06. The van der Waals surface area contributed by atoms with Crippen LogP contribution in [0.4, 0.5) is 0 Å². The highest BCUT2D eigenvalue weighted by molar-refractivity contribution is 6.18. The van der Waals surface area contributed by atoms with Crippen LogP contribution in [0.5, 0.6) is 0 Å². The summed E-state index contributed by atoms with van der Waals surface area (Å²) in [5, 5.41) is 16.3. The van der Waals surface area contributed by atoms with Gasteiger partial charge in [0.25, 0.3) is 0 Å². The summed E-state index contributed by atoms with van der Waals surface area (Å²) in [5.74, 6) is 0.108. The summed E-state index contributed by atoms with van der Waals surface area (Å²) in [7, 11) is 0. The molecule has 3 nitrogen and oxygen atoms in total. The molecule has 1 unspecified atom stereocenters. The van der Waals surface area contributed by atoms with E-state index in [0.717, 1.165) is 13.2 Å². The van der Waals surface area contributed by atoms with E-state index in [1.165, 1.54) is 0 Å². The van der Waals surface area contributed by atoms with Crippen LogP contribution >= 0.6 is 11.6 Å². The average molecular weight is 185 g/mol. The summed E-state index contributed by atoms with van der Waals surface area (Å²) in [4.78, 5) is 0. The van der Waals surface area contributed by atoms with Gasteiger partial charge in [-0.05, 0) is 13.8 Å². The van der Waals surface area contributed by atoms with Crippen LogP contribution in [0.25, 0.3) is 0 Å². The Labute approximate surface area is 72.9 Å². The lowest BCUT2D eigenvalue weighted by atomic mass is 10.5. The first kappa shape index (κ1) is 13.7. The maximum atomic E-state index is 8.28. The molecule has 0 aliphatic rings. The molecule has 11 heavy (non-hydrogen) atoms. The second kappa shape index (κ2) is 12.8. The van der Waals surface area contributed by atoms with Crippen LogP contribution in [0.3, 0.4) is 0 Å². The molecule has 0 rings (SSSR count). The molecular formula is C7H17ClO3. The molecule has 0 spiro atoms. The van der Waals surface area contributed by atoms with Crippen LogP contribution in [0.2, 0.25) is 0 Å². The van der Waals surface area contributed by atoms with Crippen molar-refractivity contribution in [1.82, 2.24) is 0 Å². The molecule has 0 amide bonds. The number of rotatable bonds is 4. The number of alkyl halides is 1. The van der Waals surface area contributed by atoms with E-state index < -0.39 is 6.10 Å². The Morgan fingerprint density at radius 3 is 1.82 bits per heavy atom. The van der Waals surface area contributed by atoms with Crippen molar-refractivity contribution >= 4 is 11.6 Å². The minimum atomic E-state index is -0.744. The highest BCUT2D eigenvalue weighted by atomic mass is 35.5. The molecule has 0 aliphatic heterocycles. The van der Waals surface area contributed by atoms with Crippen molar-refractivity contribution in [3.8, 4) is 0 Å². The first-order valence-corrected chi connectivity index (χ1v) is 4.18. The smallest absolute Gasteiger partial charge is 0.0905 e. The molecule has 0 aromatic heterocycles. The lowest BCUT2D eigenvalue weighted by molar-refractivity contribution is 0.112. The number of aliphatic hydroxyl groups excluding tert-OH is 2. The van der Waals surface area contributed by atoms with Crippen LogP contribution < -0.4 is 0 Å². The van der Waals surface area contributed by atoms with Gasteiger partial charge < -0.3 is 14.9 Å². The van der Waals surface area contributed by atoms with Crippen molar-refractivity contribution in [2.75, 3.05) is 25.7 Å². The molecule has 2 N–H and O–H groups in total. The molecule has 0 radical (unpaired) electrons. The fraction of sp³-hybridized carbons (Fsp3) is 1.00. The molecule has 0 saturated carbocycles. The quantitative estimate of drug-likeness (QED) is 0.630. The molecule has 70 valence electrons. The summed E-state index contributed by atoms with van der Waals surface area (Å²) in [6.45, 7) is 5.42. The third kappa shape index (κ3) is 17.8. The Bertz CT molecular complexity index is 55.6. The van der Waals surface area contributed by atoms with Crippen LogP contribution in [0.1, 0.15) is 13.8 Å². The predicted molar refractivity (Wildman–Crippen MR) is 46.0 cm³/mol. The van der Waals surface area contributed by atoms with Crippen LogP contribution in [0, 0.1) is 0 Å². The Balaban J connectivity index is 0. The van der Waals surface area contributed by atoms with Crippen molar-refractivity contribution in [1.29, 1.82) is 0 Å². The number of ether oxygens (including phenoxy) is 1. The van der Waals surface area contributed by atoms with E-state index in [2.05, 4.69) is 0 Å². The third-order valence-corrected chi connectivity index (χ3v) is 1.15.